The van der Waals surface area contributed by atoms with Gasteiger partial charge in [-0.2, -0.15) is 0 Å². The number of thiophene rings is 1. The first-order valence-corrected chi connectivity index (χ1v) is 11.8. The van der Waals surface area contributed by atoms with Gasteiger partial charge in [0.05, 0.1) is 13.7 Å². The molecular weight excluding hydrogens is 410 g/mol. The zero-order chi connectivity index (χ0) is 21.6. The van der Waals surface area contributed by atoms with Crippen LogP contribution in [0, 0.1) is 0 Å². The van der Waals surface area contributed by atoms with E-state index in [2.05, 4.69) is 5.32 Å². The molecule has 2 amide bonds. The van der Waals surface area contributed by atoms with Gasteiger partial charge in [0.15, 0.2) is 0 Å². The van der Waals surface area contributed by atoms with E-state index in [0.29, 0.717) is 23.7 Å². The maximum atomic E-state index is 13.8. The van der Waals surface area contributed by atoms with E-state index in [1.54, 1.807) is 23.3 Å². The van der Waals surface area contributed by atoms with Crippen LogP contribution in [0.15, 0.2) is 41.8 Å². The van der Waals surface area contributed by atoms with Gasteiger partial charge in [-0.25, -0.2) is 0 Å². The molecule has 3 heterocycles. The monoisotopic (exact) mass is 437 g/mol. The van der Waals surface area contributed by atoms with Gasteiger partial charge in [-0.1, -0.05) is 25.3 Å². The predicted molar refractivity (Wildman–Crippen MR) is 123 cm³/mol. The summed E-state index contributed by atoms with van der Waals surface area (Å²) in [6.45, 7) is 2.29. The van der Waals surface area contributed by atoms with Crippen LogP contribution in [0.3, 0.4) is 0 Å². The van der Waals surface area contributed by atoms with Gasteiger partial charge < -0.3 is 14.6 Å². The Morgan fingerprint density at radius 3 is 2.77 bits per heavy atom. The number of carbonyl (C=O) groups excluding carboxylic acids is 2. The third-order valence-corrected chi connectivity index (χ3v) is 7.58. The van der Waals surface area contributed by atoms with Crippen molar-refractivity contribution in [3.8, 4) is 5.75 Å². The smallest absolute Gasteiger partial charge is 0.275 e. The number of benzene rings is 1. The van der Waals surface area contributed by atoms with E-state index in [1.807, 2.05) is 53.3 Å². The maximum absolute atomic E-state index is 13.8. The number of fused-ring (bicyclic) bond motifs is 3. The van der Waals surface area contributed by atoms with Crippen LogP contribution >= 0.6 is 11.3 Å². The second-order valence-corrected chi connectivity index (χ2v) is 9.62. The van der Waals surface area contributed by atoms with E-state index in [1.165, 1.54) is 6.42 Å². The highest BCUT2D eigenvalue weighted by Crippen LogP contribution is 2.38. The molecule has 7 heteroatoms. The summed E-state index contributed by atoms with van der Waals surface area (Å²) >= 11 is 1.60. The van der Waals surface area contributed by atoms with Gasteiger partial charge in [0.25, 0.3) is 5.91 Å². The van der Waals surface area contributed by atoms with Crippen molar-refractivity contribution in [1.82, 2.24) is 9.88 Å². The molecule has 0 bridgehead atoms. The minimum absolute atomic E-state index is 0.0976. The lowest BCUT2D eigenvalue weighted by Crippen LogP contribution is -2.65. The number of nitrogens with one attached hydrogen (secondary N) is 1. The van der Waals surface area contributed by atoms with E-state index < -0.39 is 5.54 Å². The molecule has 5 rings (SSSR count). The lowest BCUT2D eigenvalue weighted by atomic mass is 9.91. The highest BCUT2D eigenvalue weighted by atomic mass is 32.1. The molecule has 3 aromatic rings. The number of nitrogens with zero attached hydrogens (tertiary/aromatic N) is 2. The number of methoxy groups -OCH3 is 1. The fourth-order valence-corrected chi connectivity index (χ4v) is 5.84. The molecule has 1 aliphatic heterocycles. The Bertz CT molecular complexity index is 1140. The quantitative estimate of drug-likeness (QED) is 0.650. The minimum Gasteiger partial charge on any atom is -0.497 e. The van der Waals surface area contributed by atoms with E-state index in [0.717, 1.165) is 35.9 Å². The van der Waals surface area contributed by atoms with E-state index >= 15 is 0 Å². The first kappa shape index (κ1) is 20.1. The molecule has 1 fully saturated rings. The summed E-state index contributed by atoms with van der Waals surface area (Å²) in [6.07, 6.45) is 5.49. The van der Waals surface area contributed by atoms with Crippen LogP contribution in [-0.4, -0.2) is 35.1 Å². The predicted octanol–water partition coefficient (Wildman–Crippen LogP) is 4.58. The van der Waals surface area contributed by atoms with Crippen LogP contribution in [0.2, 0.25) is 0 Å². The molecule has 162 valence electrons. The largest absolute Gasteiger partial charge is 0.497 e. The Labute approximate surface area is 185 Å². The van der Waals surface area contributed by atoms with Crippen LogP contribution in [0.1, 0.15) is 49.5 Å². The summed E-state index contributed by atoms with van der Waals surface area (Å²) < 4.78 is 7.41. The maximum Gasteiger partial charge on any atom is 0.275 e. The molecule has 0 radical (unpaired) electrons. The van der Waals surface area contributed by atoms with Crippen molar-refractivity contribution < 1.29 is 14.3 Å². The second-order valence-electron chi connectivity index (χ2n) is 8.72. The average Bonchev–Trinajstić information content (AvgIpc) is 3.37. The highest BCUT2D eigenvalue weighted by Gasteiger charge is 2.49. The van der Waals surface area contributed by atoms with Crippen molar-refractivity contribution in [2.75, 3.05) is 12.0 Å². The zero-order valence-corrected chi connectivity index (χ0v) is 18.7. The van der Waals surface area contributed by atoms with Crippen LogP contribution in [0.5, 0.6) is 5.75 Å². The Balaban J connectivity index is 1.60. The molecule has 2 aromatic heterocycles. The SMILES string of the molecule is COc1cccc(N2C(=O)c3cc4ccsc4n3CC2(C)C(=O)NC2CCCCC2)c1. The van der Waals surface area contributed by atoms with Gasteiger partial charge in [0, 0.05) is 23.2 Å². The lowest BCUT2D eigenvalue weighted by molar-refractivity contribution is -0.127. The molecule has 0 spiro atoms. The Morgan fingerprint density at radius 1 is 1.19 bits per heavy atom. The summed E-state index contributed by atoms with van der Waals surface area (Å²) in [5, 5.41) is 6.33. The molecule has 2 aliphatic rings. The first-order chi connectivity index (χ1) is 15.0. The fourth-order valence-electron chi connectivity index (χ4n) is 4.94. The van der Waals surface area contributed by atoms with Crippen LogP contribution in [-0.2, 0) is 11.3 Å². The molecule has 1 aromatic carbocycles. The van der Waals surface area contributed by atoms with Gasteiger partial charge in [0.1, 0.15) is 21.8 Å². The summed E-state index contributed by atoms with van der Waals surface area (Å²) in [6, 6.07) is 11.5. The fraction of sp³-hybridized carbons (Fsp3) is 0.417. The molecule has 1 saturated carbocycles. The van der Waals surface area contributed by atoms with Gasteiger partial charge in [-0.15, -0.1) is 11.3 Å². The Kier molecular flexibility index (Phi) is 5.01. The standard InChI is InChI=1S/C24H27N3O3S/c1-24(23(29)25-17-7-4-3-5-8-17)15-26-20(13-16-11-12-31-22(16)26)21(28)27(24)18-9-6-10-19(14-18)30-2/h6,9-14,17H,3-5,7-8,15H2,1-2H3,(H,25,29). The van der Waals surface area contributed by atoms with Gasteiger partial charge in [0.2, 0.25) is 5.91 Å². The normalized spacial score (nSPS) is 21.9. The molecule has 6 nitrogen and oxygen atoms in total. The number of hydrogen-bond acceptors (Lipinski definition) is 4. The van der Waals surface area contributed by atoms with Crippen molar-refractivity contribution in [2.45, 2.75) is 57.2 Å². The summed E-state index contributed by atoms with van der Waals surface area (Å²) in [5.74, 6) is 0.395. The van der Waals surface area contributed by atoms with Crippen LogP contribution in [0.25, 0.3) is 10.2 Å². The average molecular weight is 438 g/mol. The topological polar surface area (TPSA) is 63.6 Å². The van der Waals surface area contributed by atoms with Gasteiger partial charge in [-0.05, 0) is 49.4 Å². The summed E-state index contributed by atoms with van der Waals surface area (Å²) in [4.78, 5) is 30.2. The molecule has 1 atom stereocenters. The van der Waals surface area contributed by atoms with Crippen LogP contribution in [0.4, 0.5) is 5.69 Å². The summed E-state index contributed by atoms with van der Waals surface area (Å²) in [7, 11) is 1.60. The molecule has 1 unspecified atom stereocenters. The molecule has 1 aliphatic carbocycles. The number of anilines is 1. The number of ether oxygens (including phenoxy) is 1. The Morgan fingerprint density at radius 2 is 2.00 bits per heavy atom. The lowest BCUT2D eigenvalue weighted by Gasteiger charge is -2.44. The number of amides is 2. The number of rotatable bonds is 4. The van der Waals surface area contributed by atoms with Crippen molar-refractivity contribution in [1.29, 1.82) is 0 Å². The van der Waals surface area contributed by atoms with Crippen molar-refractivity contribution >= 4 is 39.1 Å². The number of hydrogen-bond donors (Lipinski definition) is 1. The molecule has 0 saturated heterocycles. The first-order valence-electron chi connectivity index (χ1n) is 10.9. The van der Waals surface area contributed by atoms with Crippen molar-refractivity contribution in [3.63, 3.8) is 0 Å². The third kappa shape index (κ3) is 3.31. The minimum atomic E-state index is -1.05. The highest BCUT2D eigenvalue weighted by molar-refractivity contribution is 7.16. The number of carbonyl (C=O) groups is 2. The van der Waals surface area contributed by atoms with Crippen molar-refractivity contribution in [2.24, 2.45) is 0 Å². The second kappa shape index (κ2) is 7.71. The van der Waals surface area contributed by atoms with E-state index in [9.17, 15) is 9.59 Å². The zero-order valence-electron chi connectivity index (χ0n) is 17.9. The van der Waals surface area contributed by atoms with E-state index in [4.69, 9.17) is 4.74 Å². The molecular formula is C24H27N3O3S. The van der Waals surface area contributed by atoms with Crippen molar-refractivity contribution in [3.05, 3.63) is 47.5 Å². The summed E-state index contributed by atoms with van der Waals surface area (Å²) in [5.41, 5.74) is 0.234. The Hall–Kier alpha value is -2.80. The van der Waals surface area contributed by atoms with Gasteiger partial charge in [-0.3, -0.25) is 14.5 Å². The molecule has 1 N–H and O–H groups in total. The van der Waals surface area contributed by atoms with E-state index in [-0.39, 0.29) is 17.9 Å². The van der Waals surface area contributed by atoms with Gasteiger partial charge >= 0.3 is 0 Å². The third-order valence-electron chi connectivity index (χ3n) is 6.63. The molecule has 31 heavy (non-hydrogen) atoms. The van der Waals surface area contributed by atoms with Crippen LogP contribution < -0.4 is 15.0 Å². The number of aromatic nitrogens is 1.